The van der Waals surface area contributed by atoms with Gasteiger partial charge in [-0.2, -0.15) is 0 Å². The molecule has 0 bridgehead atoms. The van der Waals surface area contributed by atoms with Crippen molar-refractivity contribution in [2.75, 3.05) is 24.5 Å². The molecular weight excluding hydrogens is 330 g/mol. The van der Waals surface area contributed by atoms with Crippen molar-refractivity contribution in [2.24, 2.45) is 22.8 Å². The molecule has 7 heteroatoms. The zero-order valence-corrected chi connectivity index (χ0v) is 15.8. The lowest BCUT2D eigenvalue weighted by atomic mass is 9.81. The molecule has 1 aliphatic heterocycles. The zero-order valence-electron chi connectivity index (χ0n) is 15.8. The summed E-state index contributed by atoms with van der Waals surface area (Å²) in [5.41, 5.74) is 11.7. The Morgan fingerprint density at radius 2 is 1.96 bits per heavy atom. The van der Waals surface area contributed by atoms with E-state index in [2.05, 4.69) is 15.2 Å². The normalized spacial score (nSPS) is 15.7. The van der Waals surface area contributed by atoms with E-state index >= 15 is 0 Å². The number of hydrogen-bond acceptors (Lipinski definition) is 5. The molecule has 1 aromatic rings. The number of pyridine rings is 1. The van der Waals surface area contributed by atoms with Gasteiger partial charge >= 0.3 is 0 Å². The molecule has 0 atom stereocenters. The van der Waals surface area contributed by atoms with Gasteiger partial charge in [0.1, 0.15) is 5.82 Å². The number of amides is 2. The first-order valence-electron chi connectivity index (χ1n) is 9.44. The van der Waals surface area contributed by atoms with E-state index in [1.807, 2.05) is 26.0 Å². The molecule has 0 saturated carbocycles. The van der Waals surface area contributed by atoms with Gasteiger partial charge in [-0.3, -0.25) is 9.59 Å². The third kappa shape index (κ3) is 4.33. The quantitative estimate of drug-likeness (QED) is 0.643. The van der Waals surface area contributed by atoms with Gasteiger partial charge in [-0.05, 0) is 31.7 Å². The summed E-state index contributed by atoms with van der Waals surface area (Å²) in [6.45, 7) is 6.22. The highest BCUT2D eigenvalue weighted by Gasteiger charge is 2.33. The molecule has 1 aromatic heterocycles. The van der Waals surface area contributed by atoms with Gasteiger partial charge < -0.3 is 21.7 Å². The van der Waals surface area contributed by atoms with E-state index in [4.69, 9.17) is 11.5 Å². The van der Waals surface area contributed by atoms with E-state index in [0.29, 0.717) is 25.9 Å². The van der Waals surface area contributed by atoms with Crippen molar-refractivity contribution < 1.29 is 9.59 Å². The molecule has 26 heavy (non-hydrogen) atoms. The molecule has 1 aliphatic rings. The summed E-state index contributed by atoms with van der Waals surface area (Å²) >= 11 is 0. The smallest absolute Gasteiger partial charge is 0.227 e. The standard InChI is InChI=1S/C19H31N5O2/c1-3-19(4-2,13-20)18(26)23-12-15-6-5-9-22-17(15)24-10-7-14(8-11-24)16(21)25/h5-6,9,14H,3-4,7-8,10-13,20H2,1-2H3,(H2,21,25)(H,23,26). The van der Waals surface area contributed by atoms with Gasteiger partial charge in [-0.25, -0.2) is 4.98 Å². The number of primary amides is 1. The number of piperidine rings is 1. The van der Waals surface area contributed by atoms with E-state index in [1.165, 1.54) is 0 Å². The van der Waals surface area contributed by atoms with E-state index in [-0.39, 0.29) is 17.7 Å². The SMILES string of the molecule is CCC(CC)(CN)C(=O)NCc1cccnc1N1CCC(C(N)=O)CC1. The maximum absolute atomic E-state index is 12.7. The second-order valence-corrected chi connectivity index (χ2v) is 7.02. The number of aromatic nitrogens is 1. The molecule has 1 saturated heterocycles. The fourth-order valence-corrected chi connectivity index (χ4v) is 3.54. The first-order valence-corrected chi connectivity index (χ1v) is 9.44. The minimum Gasteiger partial charge on any atom is -0.369 e. The largest absolute Gasteiger partial charge is 0.369 e. The number of hydrogen-bond donors (Lipinski definition) is 3. The minimum absolute atomic E-state index is 0.00719. The van der Waals surface area contributed by atoms with Crippen molar-refractivity contribution >= 4 is 17.6 Å². The summed E-state index contributed by atoms with van der Waals surface area (Å²) in [5.74, 6) is 0.571. The van der Waals surface area contributed by atoms with Crippen LogP contribution in [0.2, 0.25) is 0 Å². The Labute approximate surface area is 155 Å². The van der Waals surface area contributed by atoms with E-state index in [1.54, 1.807) is 6.20 Å². The first kappa shape index (κ1) is 20.2. The maximum Gasteiger partial charge on any atom is 0.227 e. The molecule has 2 amide bonds. The Morgan fingerprint density at radius 1 is 1.31 bits per heavy atom. The van der Waals surface area contributed by atoms with Gasteiger partial charge in [0.15, 0.2) is 0 Å². The number of rotatable bonds is 8. The lowest BCUT2D eigenvalue weighted by Crippen LogP contribution is -2.45. The molecule has 7 nitrogen and oxygen atoms in total. The number of carbonyl (C=O) groups excluding carboxylic acids is 2. The fraction of sp³-hybridized carbons (Fsp3) is 0.632. The zero-order chi connectivity index (χ0) is 19.2. The van der Waals surface area contributed by atoms with Crippen LogP contribution in [0.5, 0.6) is 0 Å². The van der Waals surface area contributed by atoms with Gasteiger partial charge in [-0.1, -0.05) is 19.9 Å². The Morgan fingerprint density at radius 3 is 2.50 bits per heavy atom. The van der Waals surface area contributed by atoms with E-state index in [9.17, 15) is 9.59 Å². The lowest BCUT2D eigenvalue weighted by Gasteiger charge is -2.33. The van der Waals surface area contributed by atoms with Crippen molar-refractivity contribution in [1.29, 1.82) is 0 Å². The molecule has 5 N–H and O–H groups in total. The van der Waals surface area contributed by atoms with Crippen LogP contribution in [-0.4, -0.2) is 36.4 Å². The summed E-state index contributed by atoms with van der Waals surface area (Å²) in [7, 11) is 0. The molecule has 0 radical (unpaired) electrons. The summed E-state index contributed by atoms with van der Waals surface area (Å²) in [5, 5.41) is 3.04. The second kappa shape index (κ2) is 8.98. The topological polar surface area (TPSA) is 114 Å². The van der Waals surface area contributed by atoms with Gasteiger partial charge in [0.05, 0.1) is 5.41 Å². The molecular formula is C19H31N5O2. The van der Waals surface area contributed by atoms with Gasteiger partial charge in [0, 0.05) is 43.9 Å². The molecule has 2 heterocycles. The predicted octanol–water partition coefficient (Wildman–Crippen LogP) is 1.16. The van der Waals surface area contributed by atoms with Gasteiger partial charge in [0.2, 0.25) is 11.8 Å². The van der Waals surface area contributed by atoms with Gasteiger partial charge in [0.25, 0.3) is 0 Å². The number of nitrogens with zero attached hydrogens (tertiary/aromatic N) is 2. The number of anilines is 1. The van der Waals surface area contributed by atoms with E-state index < -0.39 is 5.41 Å². The third-order valence-electron chi connectivity index (χ3n) is 5.73. The highest BCUT2D eigenvalue weighted by Crippen LogP contribution is 2.27. The molecule has 1 fully saturated rings. The number of nitrogens with two attached hydrogens (primary N) is 2. The van der Waals surface area contributed by atoms with Crippen LogP contribution in [0.4, 0.5) is 5.82 Å². The molecule has 2 rings (SSSR count). The highest BCUT2D eigenvalue weighted by atomic mass is 16.2. The first-order chi connectivity index (χ1) is 12.5. The minimum atomic E-state index is -0.512. The summed E-state index contributed by atoms with van der Waals surface area (Å²) < 4.78 is 0. The highest BCUT2D eigenvalue weighted by molar-refractivity contribution is 5.83. The van der Waals surface area contributed by atoms with Crippen LogP contribution in [0, 0.1) is 11.3 Å². The fourth-order valence-electron chi connectivity index (χ4n) is 3.54. The van der Waals surface area contributed by atoms with Crippen LogP contribution in [0.25, 0.3) is 0 Å². The van der Waals surface area contributed by atoms with Crippen molar-refractivity contribution in [3.8, 4) is 0 Å². The van der Waals surface area contributed by atoms with Crippen molar-refractivity contribution in [3.63, 3.8) is 0 Å². The maximum atomic E-state index is 12.7. The Bertz CT molecular complexity index is 614. The Hall–Kier alpha value is -2.15. The monoisotopic (exact) mass is 361 g/mol. The number of carbonyl (C=O) groups is 2. The predicted molar refractivity (Wildman–Crippen MR) is 102 cm³/mol. The Balaban J connectivity index is 2.06. The van der Waals surface area contributed by atoms with Crippen molar-refractivity contribution in [3.05, 3.63) is 23.9 Å². The summed E-state index contributed by atoms with van der Waals surface area (Å²) in [6.07, 6.45) is 4.65. The van der Waals surface area contributed by atoms with Gasteiger partial charge in [-0.15, -0.1) is 0 Å². The van der Waals surface area contributed by atoms with E-state index in [0.717, 1.165) is 37.3 Å². The second-order valence-electron chi connectivity index (χ2n) is 7.02. The molecule has 0 aromatic carbocycles. The van der Waals surface area contributed by atoms with Crippen LogP contribution in [0.1, 0.15) is 45.1 Å². The molecule has 144 valence electrons. The third-order valence-corrected chi connectivity index (χ3v) is 5.73. The summed E-state index contributed by atoms with van der Waals surface area (Å²) in [4.78, 5) is 30.7. The average molecular weight is 361 g/mol. The molecule has 0 spiro atoms. The summed E-state index contributed by atoms with van der Waals surface area (Å²) in [6, 6.07) is 3.85. The Kier molecular flexibility index (Phi) is 6.97. The lowest BCUT2D eigenvalue weighted by molar-refractivity contribution is -0.131. The number of nitrogens with one attached hydrogen (secondary N) is 1. The van der Waals surface area contributed by atoms with Crippen LogP contribution < -0.4 is 21.7 Å². The van der Waals surface area contributed by atoms with Crippen LogP contribution >= 0.6 is 0 Å². The van der Waals surface area contributed by atoms with Crippen molar-refractivity contribution in [2.45, 2.75) is 46.1 Å². The molecule has 0 aliphatic carbocycles. The van der Waals surface area contributed by atoms with Crippen molar-refractivity contribution in [1.82, 2.24) is 10.3 Å². The van der Waals surface area contributed by atoms with Crippen LogP contribution in [-0.2, 0) is 16.1 Å². The van der Waals surface area contributed by atoms with Crippen LogP contribution in [0.3, 0.4) is 0 Å². The average Bonchev–Trinajstić information content (AvgIpc) is 2.68. The molecule has 0 unspecified atom stereocenters. The van der Waals surface area contributed by atoms with Crippen LogP contribution in [0.15, 0.2) is 18.3 Å².